The number of rotatable bonds is 4. The molecule has 0 spiro atoms. The smallest absolute Gasteiger partial charge is 0.0433 e. The van der Waals surface area contributed by atoms with Gasteiger partial charge in [0.2, 0.25) is 0 Å². The Kier molecular flexibility index (Phi) is 20.1. The zero-order valence-electron chi connectivity index (χ0n) is 7.74. The standard InChI is InChI=1S/C5H13N.C3H8O/c1-3-5-6-4-2;1-3-4-2/h6H,3-5H2,1-2H3;3H2,1-2H3. The van der Waals surface area contributed by atoms with E-state index in [1.165, 1.54) is 6.42 Å². The van der Waals surface area contributed by atoms with Crippen LogP contribution in [-0.4, -0.2) is 26.8 Å². The Labute approximate surface area is 65.0 Å². The molecule has 0 heterocycles. The lowest BCUT2D eigenvalue weighted by molar-refractivity contribution is 0.215. The fraction of sp³-hybridized carbons (Fsp3) is 1.00. The minimum atomic E-state index is 0.819. The van der Waals surface area contributed by atoms with Gasteiger partial charge in [-0.1, -0.05) is 13.8 Å². The van der Waals surface area contributed by atoms with Gasteiger partial charge in [0.25, 0.3) is 0 Å². The van der Waals surface area contributed by atoms with Crippen LogP contribution in [0.1, 0.15) is 27.2 Å². The van der Waals surface area contributed by atoms with Crippen molar-refractivity contribution in [3.05, 3.63) is 0 Å². The maximum atomic E-state index is 4.54. The van der Waals surface area contributed by atoms with Crippen LogP contribution in [0.5, 0.6) is 0 Å². The summed E-state index contributed by atoms with van der Waals surface area (Å²) in [4.78, 5) is 0. The van der Waals surface area contributed by atoms with Crippen LogP contribution < -0.4 is 5.32 Å². The molecule has 2 nitrogen and oxygen atoms in total. The summed E-state index contributed by atoms with van der Waals surface area (Å²) >= 11 is 0. The van der Waals surface area contributed by atoms with Crippen LogP contribution in [0, 0.1) is 0 Å². The van der Waals surface area contributed by atoms with E-state index in [0.717, 1.165) is 19.7 Å². The van der Waals surface area contributed by atoms with Crippen molar-refractivity contribution in [2.45, 2.75) is 27.2 Å². The second kappa shape index (κ2) is 16.0. The first-order valence-corrected chi connectivity index (χ1v) is 4.03. The van der Waals surface area contributed by atoms with Crippen LogP contribution in [0.2, 0.25) is 0 Å². The number of nitrogens with one attached hydrogen (secondary N) is 1. The molecule has 0 bridgehead atoms. The zero-order chi connectivity index (χ0) is 8.24. The Morgan fingerprint density at radius 1 is 1.20 bits per heavy atom. The summed E-state index contributed by atoms with van der Waals surface area (Å²) < 4.78 is 4.54. The Morgan fingerprint density at radius 2 is 1.70 bits per heavy atom. The van der Waals surface area contributed by atoms with Gasteiger partial charge in [-0.15, -0.1) is 0 Å². The van der Waals surface area contributed by atoms with Gasteiger partial charge in [0.1, 0.15) is 0 Å². The third-order valence-corrected chi connectivity index (χ3v) is 0.965. The van der Waals surface area contributed by atoms with Gasteiger partial charge >= 0.3 is 0 Å². The van der Waals surface area contributed by atoms with Crippen molar-refractivity contribution in [1.82, 2.24) is 5.32 Å². The first-order valence-electron chi connectivity index (χ1n) is 4.03. The fourth-order valence-corrected chi connectivity index (χ4v) is 0.354. The van der Waals surface area contributed by atoms with E-state index < -0.39 is 0 Å². The van der Waals surface area contributed by atoms with E-state index in [1.807, 2.05) is 6.92 Å². The lowest BCUT2D eigenvalue weighted by Gasteiger charge is -1.91. The van der Waals surface area contributed by atoms with Crippen LogP contribution >= 0.6 is 0 Å². The molecule has 0 aliphatic heterocycles. The molecular weight excluding hydrogens is 126 g/mol. The monoisotopic (exact) mass is 147 g/mol. The van der Waals surface area contributed by atoms with E-state index >= 15 is 0 Å². The fourth-order valence-electron chi connectivity index (χ4n) is 0.354. The van der Waals surface area contributed by atoms with Crippen LogP contribution in [-0.2, 0) is 4.74 Å². The van der Waals surface area contributed by atoms with Crippen molar-refractivity contribution in [1.29, 1.82) is 0 Å². The van der Waals surface area contributed by atoms with Crippen molar-refractivity contribution < 1.29 is 4.74 Å². The molecule has 0 unspecified atom stereocenters. The normalized spacial score (nSPS) is 8.40. The van der Waals surface area contributed by atoms with E-state index in [0.29, 0.717) is 0 Å². The first kappa shape index (κ1) is 12.6. The van der Waals surface area contributed by atoms with Crippen molar-refractivity contribution in [2.24, 2.45) is 0 Å². The molecule has 0 aromatic rings. The maximum Gasteiger partial charge on any atom is 0.0433 e. The molecule has 0 saturated heterocycles. The summed E-state index contributed by atoms with van der Waals surface area (Å²) in [7, 11) is 1.68. The Morgan fingerprint density at radius 3 is 1.80 bits per heavy atom. The quantitative estimate of drug-likeness (QED) is 0.611. The number of hydrogen-bond acceptors (Lipinski definition) is 2. The summed E-state index contributed by atoms with van der Waals surface area (Å²) in [5.41, 5.74) is 0. The van der Waals surface area contributed by atoms with Crippen molar-refractivity contribution >= 4 is 0 Å². The zero-order valence-corrected chi connectivity index (χ0v) is 7.74. The van der Waals surface area contributed by atoms with Crippen molar-refractivity contribution in [3.8, 4) is 0 Å². The van der Waals surface area contributed by atoms with E-state index in [1.54, 1.807) is 7.11 Å². The molecule has 0 aliphatic rings. The molecular formula is C8H21NO. The summed E-state index contributed by atoms with van der Waals surface area (Å²) in [6, 6.07) is 0. The van der Waals surface area contributed by atoms with Crippen molar-refractivity contribution in [3.63, 3.8) is 0 Å². The largest absolute Gasteiger partial charge is 0.385 e. The van der Waals surface area contributed by atoms with Gasteiger partial charge in [0, 0.05) is 13.7 Å². The highest BCUT2D eigenvalue weighted by atomic mass is 16.5. The summed E-state index contributed by atoms with van der Waals surface area (Å²) in [6.07, 6.45) is 1.24. The number of ether oxygens (including phenoxy) is 1. The van der Waals surface area contributed by atoms with Gasteiger partial charge in [-0.2, -0.15) is 0 Å². The molecule has 0 aromatic heterocycles. The predicted molar refractivity (Wildman–Crippen MR) is 46.4 cm³/mol. The van der Waals surface area contributed by atoms with Gasteiger partial charge in [0.05, 0.1) is 0 Å². The van der Waals surface area contributed by atoms with E-state index in [-0.39, 0.29) is 0 Å². The molecule has 10 heavy (non-hydrogen) atoms. The van der Waals surface area contributed by atoms with Crippen LogP contribution in [0.3, 0.4) is 0 Å². The van der Waals surface area contributed by atoms with Crippen LogP contribution in [0.4, 0.5) is 0 Å². The molecule has 0 atom stereocenters. The van der Waals surface area contributed by atoms with Gasteiger partial charge in [0.15, 0.2) is 0 Å². The lowest BCUT2D eigenvalue weighted by atomic mass is 10.5. The average Bonchev–Trinajstić information content (AvgIpc) is 2.01. The van der Waals surface area contributed by atoms with Crippen LogP contribution in [0.25, 0.3) is 0 Å². The molecule has 0 rings (SSSR count). The maximum absolute atomic E-state index is 4.54. The third kappa shape index (κ3) is 24.7. The van der Waals surface area contributed by atoms with E-state index in [9.17, 15) is 0 Å². The number of hydrogen-bond donors (Lipinski definition) is 1. The van der Waals surface area contributed by atoms with Gasteiger partial charge in [-0.3, -0.25) is 0 Å². The molecule has 0 amide bonds. The minimum absolute atomic E-state index is 0.819. The molecule has 0 aromatic carbocycles. The molecule has 0 aliphatic carbocycles. The highest BCUT2D eigenvalue weighted by molar-refractivity contribution is 4.35. The molecule has 2 heteroatoms. The molecule has 0 radical (unpaired) electrons. The van der Waals surface area contributed by atoms with Gasteiger partial charge in [-0.25, -0.2) is 0 Å². The van der Waals surface area contributed by atoms with E-state index in [2.05, 4.69) is 23.9 Å². The predicted octanol–water partition coefficient (Wildman–Crippen LogP) is 1.66. The summed E-state index contributed by atoms with van der Waals surface area (Å²) in [5, 5.41) is 3.20. The third-order valence-electron chi connectivity index (χ3n) is 0.965. The Balaban J connectivity index is 0. The topological polar surface area (TPSA) is 21.3 Å². The lowest BCUT2D eigenvalue weighted by Crippen LogP contribution is -2.12. The van der Waals surface area contributed by atoms with Crippen LogP contribution in [0.15, 0.2) is 0 Å². The van der Waals surface area contributed by atoms with Gasteiger partial charge in [-0.05, 0) is 26.4 Å². The second-order valence-electron chi connectivity index (χ2n) is 1.93. The minimum Gasteiger partial charge on any atom is -0.385 e. The van der Waals surface area contributed by atoms with E-state index in [4.69, 9.17) is 0 Å². The molecule has 1 N–H and O–H groups in total. The first-order chi connectivity index (χ1) is 4.83. The molecule has 0 fully saturated rings. The SMILES string of the molecule is CCCNCC.CCOC. The molecule has 64 valence electrons. The van der Waals surface area contributed by atoms with Gasteiger partial charge < -0.3 is 10.1 Å². The average molecular weight is 147 g/mol. The Hall–Kier alpha value is -0.0800. The Bertz CT molecular complexity index is 34.2. The second-order valence-corrected chi connectivity index (χ2v) is 1.93. The highest BCUT2D eigenvalue weighted by Crippen LogP contribution is 1.65. The van der Waals surface area contributed by atoms with Crippen molar-refractivity contribution in [2.75, 3.05) is 26.8 Å². The summed E-state index contributed by atoms with van der Waals surface area (Å²) in [6.45, 7) is 9.34. The summed E-state index contributed by atoms with van der Waals surface area (Å²) in [5.74, 6) is 0. The highest BCUT2D eigenvalue weighted by Gasteiger charge is 1.71. The molecule has 0 saturated carbocycles. The number of methoxy groups -OCH3 is 1.